The maximum absolute atomic E-state index is 12.3. The molecule has 96 valence electrons. The van der Waals surface area contributed by atoms with E-state index >= 15 is 0 Å². The Morgan fingerprint density at radius 3 is 3.05 bits per heavy atom. The molecule has 0 unspecified atom stereocenters. The molecule has 0 bridgehead atoms. The molecule has 0 radical (unpaired) electrons. The van der Waals surface area contributed by atoms with Crippen molar-refractivity contribution in [3.63, 3.8) is 0 Å². The van der Waals surface area contributed by atoms with Crippen LogP contribution in [0.1, 0.15) is 21.5 Å². The highest BCUT2D eigenvalue weighted by Gasteiger charge is 2.18. The van der Waals surface area contributed by atoms with Crippen LogP contribution in [0.15, 0.2) is 36.9 Å². The van der Waals surface area contributed by atoms with Gasteiger partial charge in [0, 0.05) is 25.1 Å². The van der Waals surface area contributed by atoms with E-state index in [0.29, 0.717) is 11.3 Å². The fraction of sp³-hybridized carbons (Fsp3) is 0.214. The van der Waals surface area contributed by atoms with Gasteiger partial charge in [-0.2, -0.15) is 0 Å². The van der Waals surface area contributed by atoms with E-state index in [1.54, 1.807) is 24.7 Å². The largest absolute Gasteiger partial charge is 0.321 e. The van der Waals surface area contributed by atoms with Crippen molar-refractivity contribution in [3.05, 3.63) is 53.6 Å². The van der Waals surface area contributed by atoms with Gasteiger partial charge in [-0.05, 0) is 36.2 Å². The first-order valence-electron chi connectivity index (χ1n) is 6.22. The summed E-state index contributed by atoms with van der Waals surface area (Å²) in [6.07, 6.45) is 7.61. The van der Waals surface area contributed by atoms with Gasteiger partial charge in [-0.15, -0.1) is 0 Å². The topological polar surface area (TPSA) is 66.9 Å². The van der Waals surface area contributed by atoms with Gasteiger partial charge in [-0.3, -0.25) is 14.8 Å². The van der Waals surface area contributed by atoms with Gasteiger partial charge in [0.25, 0.3) is 5.91 Å². The Labute approximate surface area is 111 Å². The number of nitrogens with one attached hydrogen (secondary N) is 2. The highest BCUT2D eigenvalue weighted by atomic mass is 16.1. The molecule has 5 nitrogen and oxygen atoms in total. The molecule has 2 aromatic heterocycles. The van der Waals surface area contributed by atoms with Crippen LogP contribution in [0.25, 0.3) is 0 Å². The third-order valence-electron chi connectivity index (χ3n) is 3.18. The molecule has 0 atom stereocenters. The lowest BCUT2D eigenvalue weighted by atomic mass is 9.98. The number of anilines is 1. The maximum Gasteiger partial charge on any atom is 0.257 e. The lowest BCUT2D eigenvalue weighted by molar-refractivity contribution is 0.102. The highest BCUT2D eigenvalue weighted by molar-refractivity contribution is 6.05. The molecule has 1 aliphatic heterocycles. The van der Waals surface area contributed by atoms with Gasteiger partial charge in [0.15, 0.2) is 0 Å². The number of pyridine rings is 2. The van der Waals surface area contributed by atoms with Gasteiger partial charge in [-0.25, -0.2) is 0 Å². The Hall–Kier alpha value is -2.27. The molecule has 1 aliphatic rings. The van der Waals surface area contributed by atoms with Crippen LogP contribution in [0.3, 0.4) is 0 Å². The predicted molar refractivity (Wildman–Crippen MR) is 71.8 cm³/mol. The number of hydrogen-bond donors (Lipinski definition) is 2. The first-order chi connectivity index (χ1) is 9.34. The van der Waals surface area contributed by atoms with E-state index in [9.17, 15) is 4.79 Å². The van der Waals surface area contributed by atoms with E-state index in [0.717, 1.165) is 30.6 Å². The summed E-state index contributed by atoms with van der Waals surface area (Å²) >= 11 is 0. The standard InChI is InChI=1S/C14H14N4O/c19-14(18-11-2-1-4-15-8-11)13-9-17-7-10-6-16-5-3-12(10)13/h1-2,4,7-9,16H,3,5-6H2,(H,18,19). The minimum Gasteiger partial charge on any atom is -0.321 e. The highest BCUT2D eigenvalue weighted by Crippen LogP contribution is 2.18. The van der Waals surface area contributed by atoms with Crippen molar-refractivity contribution in [1.29, 1.82) is 0 Å². The fourth-order valence-corrected chi connectivity index (χ4v) is 2.25. The number of carbonyl (C=O) groups excluding carboxylic acids is 1. The van der Waals surface area contributed by atoms with E-state index in [4.69, 9.17) is 0 Å². The van der Waals surface area contributed by atoms with Crippen LogP contribution in [0.2, 0.25) is 0 Å². The van der Waals surface area contributed by atoms with Gasteiger partial charge in [0.2, 0.25) is 0 Å². The number of fused-ring (bicyclic) bond motifs is 1. The lowest BCUT2D eigenvalue weighted by Gasteiger charge is -2.19. The second-order valence-electron chi connectivity index (χ2n) is 4.45. The number of aromatic nitrogens is 2. The quantitative estimate of drug-likeness (QED) is 0.849. The summed E-state index contributed by atoms with van der Waals surface area (Å²) in [6, 6.07) is 3.60. The Morgan fingerprint density at radius 2 is 2.21 bits per heavy atom. The zero-order chi connectivity index (χ0) is 13.1. The molecule has 0 aromatic carbocycles. The minimum absolute atomic E-state index is 0.126. The Morgan fingerprint density at radius 1 is 1.26 bits per heavy atom. The van der Waals surface area contributed by atoms with Crippen molar-refractivity contribution in [2.45, 2.75) is 13.0 Å². The summed E-state index contributed by atoms with van der Waals surface area (Å²) in [7, 11) is 0. The van der Waals surface area contributed by atoms with Crippen LogP contribution in [0.4, 0.5) is 5.69 Å². The van der Waals surface area contributed by atoms with Crippen molar-refractivity contribution >= 4 is 11.6 Å². The molecular weight excluding hydrogens is 240 g/mol. The third-order valence-corrected chi connectivity index (χ3v) is 3.18. The molecule has 3 rings (SSSR count). The molecular formula is C14H14N4O. The van der Waals surface area contributed by atoms with Crippen molar-refractivity contribution in [2.24, 2.45) is 0 Å². The van der Waals surface area contributed by atoms with Crippen LogP contribution >= 0.6 is 0 Å². The second kappa shape index (κ2) is 5.16. The van der Waals surface area contributed by atoms with E-state index in [1.165, 1.54) is 0 Å². The first-order valence-corrected chi connectivity index (χ1v) is 6.22. The van der Waals surface area contributed by atoms with Crippen LogP contribution in [-0.2, 0) is 13.0 Å². The number of rotatable bonds is 2. The SMILES string of the molecule is O=C(Nc1cccnc1)c1cncc2c1CCNC2. The molecule has 5 heteroatoms. The van der Waals surface area contributed by atoms with Gasteiger partial charge in [0.1, 0.15) is 0 Å². The van der Waals surface area contributed by atoms with Gasteiger partial charge < -0.3 is 10.6 Å². The molecule has 0 spiro atoms. The number of amides is 1. The molecule has 3 heterocycles. The minimum atomic E-state index is -0.126. The van der Waals surface area contributed by atoms with Gasteiger partial charge in [0.05, 0.1) is 17.4 Å². The van der Waals surface area contributed by atoms with Crippen LogP contribution in [0, 0.1) is 0 Å². The summed E-state index contributed by atoms with van der Waals surface area (Å²) in [5, 5.41) is 6.12. The predicted octanol–water partition coefficient (Wildman–Crippen LogP) is 1.37. The van der Waals surface area contributed by atoms with Crippen molar-refractivity contribution in [1.82, 2.24) is 15.3 Å². The van der Waals surface area contributed by atoms with Crippen molar-refractivity contribution in [2.75, 3.05) is 11.9 Å². The second-order valence-corrected chi connectivity index (χ2v) is 4.45. The average molecular weight is 254 g/mol. The molecule has 2 aromatic rings. The normalized spacial score (nSPS) is 13.7. The number of hydrogen-bond acceptors (Lipinski definition) is 4. The molecule has 19 heavy (non-hydrogen) atoms. The van der Waals surface area contributed by atoms with E-state index in [1.807, 2.05) is 12.3 Å². The van der Waals surface area contributed by atoms with E-state index in [2.05, 4.69) is 20.6 Å². The smallest absolute Gasteiger partial charge is 0.257 e. The van der Waals surface area contributed by atoms with Gasteiger partial charge in [-0.1, -0.05) is 0 Å². The number of carbonyl (C=O) groups is 1. The molecule has 0 aliphatic carbocycles. The van der Waals surface area contributed by atoms with Crippen LogP contribution in [0.5, 0.6) is 0 Å². The van der Waals surface area contributed by atoms with E-state index in [-0.39, 0.29) is 5.91 Å². The first kappa shape index (κ1) is 11.8. The summed E-state index contributed by atoms with van der Waals surface area (Å²) < 4.78 is 0. The van der Waals surface area contributed by atoms with Gasteiger partial charge >= 0.3 is 0 Å². The van der Waals surface area contributed by atoms with Crippen LogP contribution in [-0.4, -0.2) is 22.4 Å². The zero-order valence-corrected chi connectivity index (χ0v) is 10.4. The molecule has 2 N–H and O–H groups in total. The average Bonchev–Trinajstić information content (AvgIpc) is 2.47. The number of nitrogens with zero attached hydrogens (tertiary/aromatic N) is 2. The van der Waals surface area contributed by atoms with E-state index < -0.39 is 0 Å². The van der Waals surface area contributed by atoms with Crippen molar-refractivity contribution < 1.29 is 4.79 Å². The summed E-state index contributed by atoms with van der Waals surface area (Å²) in [4.78, 5) is 20.4. The Kier molecular flexibility index (Phi) is 3.20. The molecule has 1 amide bonds. The molecule has 0 fully saturated rings. The Bertz CT molecular complexity index is 598. The maximum atomic E-state index is 12.3. The zero-order valence-electron chi connectivity index (χ0n) is 10.4. The van der Waals surface area contributed by atoms with Crippen molar-refractivity contribution in [3.8, 4) is 0 Å². The molecule has 0 saturated heterocycles. The summed E-state index contributed by atoms with van der Waals surface area (Å²) in [5.74, 6) is -0.126. The fourth-order valence-electron chi connectivity index (χ4n) is 2.25. The lowest BCUT2D eigenvalue weighted by Crippen LogP contribution is -2.27. The summed E-state index contributed by atoms with van der Waals surface area (Å²) in [6.45, 7) is 1.67. The monoisotopic (exact) mass is 254 g/mol. The Balaban J connectivity index is 1.88. The summed E-state index contributed by atoms with van der Waals surface area (Å²) in [5.41, 5.74) is 3.54. The molecule has 0 saturated carbocycles. The third kappa shape index (κ3) is 2.46. The van der Waals surface area contributed by atoms with Crippen LogP contribution < -0.4 is 10.6 Å².